The lowest BCUT2D eigenvalue weighted by molar-refractivity contribution is 0.0492. The first-order valence-corrected chi connectivity index (χ1v) is 8.00. The van der Waals surface area contributed by atoms with E-state index in [0.29, 0.717) is 17.4 Å². The third-order valence-corrected chi connectivity index (χ3v) is 3.71. The van der Waals surface area contributed by atoms with E-state index < -0.39 is 11.6 Å². The van der Waals surface area contributed by atoms with Gasteiger partial charge >= 0.3 is 11.6 Å². The lowest BCUT2D eigenvalue weighted by atomic mass is 10.1. The first kappa shape index (κ1) is 17.2. The van der Waals surface area contributed by atoms with Gasteiger partial charge in [0.1, 0.15) is 11.1 Å². The van der Waals surface area contributed by atoms with Gasteiger partial charge in [0, 0.05) is 12.0 Å². The van der Waals surface area contributed by atoms with Gasteiger partial charge in [0.15, 0.2) is 0 Å². The van der Waals surface area contributed by atoms with Gasteiger partial charge in [0.05, 0.1) is 6.61 Å². The second-order valence-corrected chi connectivity index (χ2v) is 5.45. The molecule has 0 spiro atoms. The Balaban J connectivity index is 2.03. The van der Waals surface area contributed by atoms with E-state index in [1.807, 2.05) is 25.1 Å². The SMILES string of the molecule is CCc1ccc2cc(C(=O)OCCCCCCO)c(=O)oc2c1. The molecule has 0 aliphatic carbocycles. The van der Waals surface area contributed by atoms with Crippen LogP contribution in [0.2, 0.25) is 0 Å². The van der Waals surface area contributed by atoms with Crippen LogP contribution in [0.5, 0.6) is 0 Å². The number of carbonyl (C=O) groups is 1. The zero-order valence-corrected chi connectivity index (χ0v) is 13.3. The molecule has 2 aromatic rings. The van der Waals surface area contributed by atoms with Crippen molar-refractivity contribution in [2.24, 2.45) is 0 Å². The average molecular weight is 318 g/mol. The fourth-order valence-electron chi connectivity index (χ4n) is 2.33. The average Bonchev–Trinajstić information content (AvgIpc) is 2.56. The van der Waals surface area contributed by atoms with Gasteiger partial charge in [-0.3, -0.25) is 0 Å². The maximum absolute atomic E-state index is 12.0. The van der Waals surface area contributed by atoms with Crippen LogP contribution in [0.25, 0.3) is 11.0 Å². The summed E-state index contributed by atoms with van der Waals surface area (Å²) in [6, 6.07) is 7.11. The van der Waals surface area contributed by atoms with Gasteiger partial charge in [-0.25, -0.2) is 9.59 Å². The van der Waals surface area contributed by atoms with Gasteiger partial charge < -0.3 is 14.3 Å². The topological polar surface area (TPSA) is 76.7 Å². The number of esters is 1. The van der Waals surface area contributed by atoms with Gasteiger partial charge in [-0.05, 0) is 43.4 Å². The Kier molecular flexibility index (Phi) is 6.35. The number of hydrogen-bond donors (Lipinski definition) is 1. The third kappa shape index (κ3) is 4.66. The Hall–Kier alpha value is -2.14. The summed E-state index contributed by atoms with van der Waals surface area (Å²) in [4.78, 5) is 24.0. The molecule has 0 radical (unpaired) electrons. The van der Waals surface area contributed by atoms with Crippen LogP contribution >= 0.6 is 0 Å². The number of aryl methyl sites for hydroxylation is 1. The fourth-order valence-corrected chi connectivity index (χ4v) is 2.33. The van der Waals surface area contributed by atoms with E-state index in [-0.39, 0.29) is 18.8 Å². The number of unbranched alkanes of at least 4 members (excludes halogenated alkanes) is 3. The van der Waals surface area contributed by atoms with Crippen LogP contribution in [0.1, 0.15) is 48.5 Å². The van der Waals surface area contributed by atoms with Crippen molar-refractivity contribution in [1.82, 2.24) is 0 Å². The molecule has 5 nitrogen and oxygen atoms in total. The predicted octanol–water partition coefficient (Wildman–Crippen LogP) is 3.06. The molecule has 0 unspecified atom stereocenters. The standard InChI is InChI=1S/C18H22O5/c1-2-13-7-8-14-12-15(18(21)23-16(14)11-13)17(20)22-10-6-4-3-5-9-19/h7-8,11-12,19H,2-6,9-10H2,1H3. The van der Waals surface area contributed by atoms with Crippen LogP contribution in [0.3, 0.4) is 0 Å². The van der Waals surface area contributed by atoms with E-state index in [4.69, 9.17) is 14.3 Å². The molecule has 0 atom stereocenters. The number of aliphatic hydroxyl groups is 1. The Morgan fingerprint density at radius 3 is 2.70 bits per heavy atom. The van der Waals surface area contributed by atoms with Crippen LogP contribution in [0, 0.1) is 0 Å². The molecule has 23 heavy (non-hydrogen) atoms. The molecule has 5 heteroatoms. The molecule has 124 valence electrons. The minimum atomic E-state index is -0.670. The van der Waals surface area contributed by atoms with Gasteiger partial charge in [-0.1, -0.05) is 25.5 Å². The highest BCUT2D eigenvalue weighted by Gasteiger charge is 2.15. The molecule has 0 fully saturated rings. The van der Waals surface area contributed by atoms with E-state index in [0.717, 1.165) is 31.2 Å². The van der Waals surface area contributed by atoms with Crippen LogP contribution < -0.4 is 5.63 Å². The second-order valence-electron chi connectivity index (χ2n) is 5.45. The van der Waals surface area contributed by atoms with Crippen LogP contribution in [0.15, 0.2) is 33.5 Å². The van der Waals surface area contributed by atoms with Crippen molar-refractivity contribution in [2.45, 2.75) is 39.0 Å². The number of rotatable bonds is 8. The second kappa shape index (κ2) is 8.48. The molecule has 1 aromatic heterocycles. The Morgan fingerprint density at radius 2 is 1.96 bits per heavy atom. The molecule has 0 bridgehead atoms. The highest BCUT2D eigenvalue weighted by Crippen LogP contribution is 2.16. The molecule has 1 heterocycles. The minimum Gasteiger partial charge on any atom is -0.462 e. The summed E-state index contributed by atoms with van der Waals surface area (Å²) in [5.74, 6) is -0.651. The summed E-state index contributed by atoms with van der Waals surface area (Å²) in [6.45, 7) is 2.46. The Morgan fingerprint density at radius 1 is 1.17 bits per heavy atom. The first-order valence-electron chi connectivity index (χ1n) is 8.00. The van der Waals surface area contributed by atoms with Gasteiger partial charge in [0.25, 0.3) is 0 Å². The third-order valence-electron chi connectivity index (χ3n) is 3.71. The summed E-state index contributed by atoms with van der Waals surface area (Å²) in [5.41, 5.74) is 0.807. The molecular weight excluding hydrogens is 296 g/mol. The zero-order chi connectivity index (χ0) is 16.7. The smallest absolute Gasteiger partial charge is 0.351 e. The quantitative estimate of drug-likeness (QED) is 0.460. The summed E-state index contributed by atoms with van der Waals surface area (Å²) in [6.07, 6.45) is 4.08. The maximum atomic E-state index is 12.0. The molecule has 0 aliphatic heterocycles. The predicted molar refractivity (Wildman–Crippen MR) is 87.7 cm³/mol. The number of carbonyl (C=O) groups excluding carboxylic acids is 1. The number of aliphatic hydroxyl groups excluding tert-OH is 1. The van der Waals surface area contributed by atoms with Crippen LogP contribution in [-0.2, 0) is 11.2 Å². The highest BCUT2D eigenvalue weighted by molar-refractivity contribution is 5.92. The van der Waals surface area contributed by atoms with Crippen molar-refractivity contribution in [3.8, 4) is 0 Å². The highest BCUT2D eigenvalue weighted by atomic mass is 16.5. The van der Waals surface area contributed by atoms with E-state index in [1.54, 1.807) is 0 Å². The largest absolute Gasteiger partial charge is 0.462 e. The summed E-state index contributed by atoms with van der Waals surface area (Å²) >= 11 is 0. The van der Waals surface area contributed by atoms with E-state index in [2.05, 4.69) is 0 Å². The monoisotopic (exact) mass is 318 g/mol. The normalized spacial score (nSPS) is 10.9. The van der Waals surface area contributed by atoms with Crippen molar-refractivity contribution < 1.29 is 19.1 Å². The number of benzene rings is 1. The number of hydrogen-bond acceptors (Lipinski definition) is 5. The number of fused-ring (bicyclic) bond motifs is 1. The van der Waals surface area contributed by atoms with Crippen LogP contribution in [0.4, 0.5) is 0 Å². The minimum absolute atomic E-state index is 0.0721. The summed E-state index contributed by atoms with van der Waals surface area (Å²) in [5, 5.41) is 9.38. The Labute approximate surface area is 134 Å². The molecule has 1 aromatic carbocycles. The van der Waals surface area contributed by atoms with Crippen molar-refractivity contribution in [3.63, 3.8) is 0 Å². The van der Waals surface area contributed by atoms with E-state index in [1.165, 1.54) is 6.07 Å². The molecule has 0 amide bonds. The molecule has 0 aliphatic rings. The molecule has 1 N–H and O–H groups in total. The van der Waals surface area contributed by atoms with Crippen molar-refractivity contribution >= 4 is 16.9 Å². The van der Waals surface area contributed by atoms with Crippen LogP contribution in [-0.4, -0.2) is 24.3 Å². The molecular formula is C18H22O5. The lowest BCUT2D eigenvalue weighted by Gasteiger charge is -2.05. The molecule has 0 saturated heterocycles. The lowest BCUT2D eigenvalue weighted by Crippen LogP contribution is -2.17. The summed E-state index contributed by atoms with van der Waals surface area (Å²) in [7, 11) is 0. The molecule has 0 saturated carbocycles. The number of ether oxygens (including phenoxy) is 1. The van der Waals surface area contributed by atoms with Crippen molar-refractivity contribution in [2.75, 3.05) is 13.2 Å². The Bertz CT molecular complexity index is 717. The van der Waals surface area contributed by atoms with Gasteiger partial charge in [0.2, 0.25) is 0 Å². The van der Waals surface area contributed by atoms with E-state index in [9.17, 15) is 9.59 Å². The summed E-state index contributed by atoms with van der Waals surface area (Å²) < 4.78 is 10.4. The first-order chi connectivity index (χ1) is 11.2. The van der Waals surface area contributed by atoms with E-state index >= 15 is 0 Å². The van der Waals surface area contributed by atoms with Gasteiger partial charge in [-0.2, -0.15) is 0 Å². The van der Waals surface area contributed by atoms with Crippen molar-refractivity contribution in [1.29, 1.82) is 0 Å². The fraction of sp³-hybridized carbons (Fsp3) is 0.444. The van der Waals surface area contributed by atoms with Crippen molar-refractivity contribution in [3.05, 3.63) is 45.8 Å². The molecule has 2 rings (SSSR count). The zero-order valence-electron chi connectivity index (χ0n) is 13.3. The van der Waals surface area contributed by atoms with Gasteiger partial charge in [-0.15, -0.1) is 0 Å². The maximum Gasteiger partial charge on any atom is 0.351 e.